The van der Waals surface area contributed by atoms with Gasteiger partial charge in [-0.2, -0.15) is 0 Å². The van der Waals surface area contributed by atoms with Crippen molar-refractivity contribution in [2.75, 3.05) is 13.2 Å². The summed E-state index contributed by atoms with van der Waals surface area (Å²) in [6.45, 7) is 2.39. The molecule has 4 heteroatoms. The molecule has 0 aliphatic carbocycles. The Morgan fingerprint density at radius 3 is 2.18 bits per heavy atom. The van der Waals surface area contributed by atoms with Crippen LogP contribution in [0.15, 0.2) is 72.9 Å². The van der Waals surface area contributed by atoms with Crippen LogP contribution in [-0.4, -0.2) is 35.4 Å². The zero-order valence-corrected chi connectivity index (χ0v) is 17.2. The minimum atomic E-state index is -0.411. The maximum Gasteiger partial charge on any atom is 0.220 e. The summed E-state index contributed by atoms with van der Waals surface area (Å²) in [6, 6.07) is 0. The molecule has 0 heterocycles. The van der Waals surface area contributed by atoms with Crippen LogP contribution >= 0.6 is 0 Å². The lowest BCUT2D eigenvalue weighted by molar-refractivity contribution is -0.121. The van der Waals surface area contributed by atoms with Crippen molar-refractivity contribution in [3.05, 3.63) is 72.9 Å². The molecule has 0 aliphatic heterocycles. The van der Waals surface area contributed by atoms with Crippen LogP contribution in [0.2, 0.25) is 0 Å². The van der Waals surface area contributed by atoms with E-state index < -0.39 is 6.10 Å². The van der Waals surface area contributed by atoms with Gasteiger partial charge in [-0.25, -0.2) is 0 Å². The van der Waals surface area contributed by atoms with E-state index in [0.29, 0.717) is 19.4 Å². The van der Waals surface area contributed by atoms with Gasteiger partial charge in [0.15, 0.2) is 0 Å². The molecular weight excluding hydrogens is 350 g/mol. The zero-order valence-electron chi connectivity index (χ0n) is 17.2. The van der Waals surface area contributed by atoms with Crippen molar-refractivity contribution >= 4 is 5.91 Å². The first-order valence-corrected chi connectivity index (χ1v) is 10.2. The standard InChI is InChI=1S/C24H37NO3/c1-2-3-15-18-23(27)19-16-13-11-9-7-5-4-6-8-10-12-14-17-20-24(28)25-21-22-26/h3,5-8,11-16,19,23,26-27H,2,4,9-10,17-18,20-22H2,1H3,(H,25,28)/b7-5-,8-6-,13-11-,14-12-,15-3-,19-16+/t23-/m0/s1. The Morgan fingerprint density at radius 1 is 0.893 bits per heavy atom. The Bertz CT molecular complexity index is 542. The normalized spacial score (nSPS) is 14.0. The molecule has 0 radical (unpaired) electrons. The van der Waals surface area contributed by atoms with E-state index in [4.69, 9.17) is 5.11 Å². The van der Waals surface area contributed by atoms with E-state index in [0.717, 1.165) is 32.1 Å². The van der Waals surface area contributed by atoms with Crippen LogP contribution in [0.1, 0.15) is 51.9 Å². The Morgan fingerprint density at radius 2 is 1.54 bits per heavy atom. The van der Waals surface area contributed by atoms with Gasteiger partial charge in [0.2, 0.25) is 5.91 Å². The number of nitrogens with one attached hydrogen (secondary N) is 1. The molecular formula is C24H37NO3. The van der Waals surface area contributed by atoms with Gasteiger partial charge in [-0.3, -0.25) is 4.79 Å². The second-order valence-electron chi connectivity index (χ2n) is 6.23. The summed E-state index contributed by atoms with van der Waals surface area (Å²) in [5, 5.41) is 20.9. The van der Waals surface area contributed by atoms with Gasteiger partial charge in [0.05, 0.1) is 12.7 Å². The van der Waals surface area contributed by atoms with E-state index in [2.05, 4.69) is 54.8 Å². The highest BCUT2D eigenvalue weighted by atomic mass is 16.3. The van der Waals surface area contributed by atoms with Crippen LogP contribution in [0, 0.1) is 0 Å². The first-order chi connectivity index (χ1) is 13.7. The van der Waals surface area contributed by atoms with E-state index in [-0.39, 0.29) is 12.5 Å². The minimum Gasteiger partial charge on any atom is -0.395 e. The number of hydrogen-bond donors (Lipinski definition) is 3. The number of allylic oxidation sites excluding steroid dienone is 10. The number of aliphatic hydroxyl groups is 2. The molecule has 28 heavy (non-hydrogen) atoms. The van der Waals surface area contributed by atoms with Gasteiger partial charge < -0.3 is 15.5 Å². The summed E-state index contributed by atoms with van der Waals surface area (Å²) in [6.07, 6.45) is 29.4. The van der Waals surface area contributed by atoms with E-state index >= 15 is 0 Å². The molecule has 3 N–H and O–H groups in total. The maximum atomic E-state index is 11.3. The SMILES string of the molecule is CC/C=C\C[C@H](O)/C=C/C=C\C/C=C\C/C=C\C/C=C\CCC(=O)NCCO. The van der Waals surface area contributed by atoms with Crippen molar-refractivity contribution in [1.29, 1.82) is 0 Å². The first kappa shape index (κ1) is 25.8. The fraction of sp³-hybridized carbons (Fsp3) is 0.458. The summed E-state index contributed by atoms with van der Waals surface area (Å²) < 4.78 is 0. The average Bonchev–Trinajstić information content (AvgIpc) is 2.69. The van der Waals surface area contributed by atoms with Gasteiger partial charge in [-0.1, -0.05) is 79.8 Å². The monoisotopic (exact) mass is 387 g/mol. The lowest BCUT2D eigenvalue weighted by Gasteiger charge is -1.99. The lowest BCUT2D eigenvalue weighted by atomic mass is 10.2. The van der Waals surface area contributed by atoms with Gasteiger partial charge in [0.1, 0.15) is 0 Å². The molecule has 0 unspecified atom stereocenters. The fourth-order valence-electron chi connectivity index (χ4n) is 2.16. The van der Waals surface area contributed by atoms with Crippen molar-refractivity contribution < 1.29 is 15.0 Å². The Hall–Kier alpha value is -2.17. The van der Waals surface area contributed by atoms with Crippen molar-refractivity contribution in [3.8, 4) is 0 Å². The van der Waals surface area contributed by atoms with Crippen molar-refractivity contribution in [2.24, 2.45) is 0 Å². The van der Waals surface area contributed by atoms with Crippen molar-refractivity contribution in [1.82, 2.24) is 5.32 Å². The van der Waals surface area contributed by atoms with Gasteiger partial charge in [0.25, 0.3) is 0 Å². The zero-order chi connectivity index (χ0) is 20.7. The number of carbonyl (C=O) groups excluding carboxylic acids is 1. The third kappa shape index (κ3) is 20.1. The number of aliphatic hydroxyl groups excluding tert-OH is 2. The van der Waals surface area contributed by atoms with Crippen molar-refractivity contribution in [3.63, 3.8) is 0 Å². The lowest BCUT2D eigenvalue weighted by Crippen LogP contribution is -2.25. The molecule has 1 atom stereocenters. The predicted octanol–water partition coefficient (Wildman–Crippen LogP) is 4.54. The molecule has 0 aromatic rings. The number of carbonyl (C=O) groups is 1. The van der Waals surface area contributed by atoms with Crippen molar-refractivity contribution in [2.45, 2.75) is 58.0 Å². The minimum absolute atomic E-state index is 0.0184. The third-order valence-electron chi connectivity index (χ3n) is 3.65. The predicted molar refractivity (Wildman–Crippen MR) is 119 cm³/mol. The summed E-state index contributed by atoms with van der Waals surface area (Å²) >= 11 is 0. The first-order valence-electron chi connectivity index (χ1n) is 10.2. The van der Waals surface area contributed by atoms with E-state index in [1.165, 1.54) is 0 Å². The van der Waals surface area contributed by atoms with Crippen LogP contribution in [-0.2, 0) is 4.79 Å². The van der Waals surface area contributed by atoms with Crippen LogP contribution < -0.4 is 5.32 Å². The molecule has 0 aromatic heterocycles. The highest BCUT2D eigenvalue weighted by molar-refractivity contribution is 5.75. The molecule has 0 saturated heterocycles. The molecule has 0 aliphatic rings. The summed E-state index contributed by atoms with van der Waals surface area (Å²) in [5.74, 6) is -0.0239. The second-order valence-corrected chi connectivity index (χ2v) is 6.23. The van der Waals surface area contributed by atoms with E-state index in [1.54, 1.807) is 6.08 Å². The summed E-state index contributed by atoms with van der Waals surface area (Å²) in [4.78, 5) is 11.3. The Labute approximate surface area is 170 Å². The second kappa shape index (κ2) is 21.1. The number of rotatable bonds is 16. The van der Waals surface area contributed by atoms with E-state index in [9.17, 15) is 9.90 Å². The van der Waals surface area contributed by atoms with Crippen LogP contribution in [0.25, 0.3) is 0 Å². The Balaban J connectivity index is 3.66. The van der Waals surface area contributed by atoms with Gasteiger partial charge in [0, 0.05) is 13.0 Å². The smallest absolute Gasteiger partial charge is 0.220 e. The van der Waals surface area contributed by atoms with Crippen LogP contribution in [0.4, 0.5) is 0 Å². The molecule has 4 nitrogen and oxygen atoms in total. The molecule has 0 fully saturated rings. The summed E-state index contributed by atoms with van der Waals surface area (Å²) in [5.41, 5.74) is 0. The van der Waals surface area contributed by atoms with Gasteiger partial charge in [-0.15, -0.1) is 0 Å². The largest absolute Gasteiger partial charge is 0.395 e. The van der Waals surface area contributed by atoms with Gasteiger partial charge >= 0.3 is 0 Å². The molecule has 0 spiro atoms. The third-order valence-corrected chi connectivity index (χ3v) is 3.65. The van der Waals surface area contributed by atoms with E-state index in [1.807, 2.05) is 24.3 Å². The highest BCUT2D eigenvalue weighted by Crippen LogP contribution is 1.98. The highest BCUT2D eigenvalue weighted by Gasteiger charge is 1.96. The fourth-order valence-corrected chi connectivity index (χ4v) is 2.16. The van der Waals surface area contributed by atoms with Gasteiger partial charge in [-0.05, 0) is 38.5 Å². The quantitative estimate of drug-likeness (QED) is 0.269. The molecule has 0 aromatic carbocycles. The molecule has 1 amide bonds. The van der Waals surface area contributed by atoms with Crippen LogP contribution in [0.3, 0.4) is 0 Å². The Kier molecular flexibility index (Phi) is 19.5. The topological polar surface area (TPSA) is 69.6 Å². The summed E-state index contributed by atoms with van der Waals surface area (Å²) in [7, 11) is 0. The number of hydrogen-bond acceptors (Lipinski definition) is 3. The molecule has 0 rings (SSSR count). The molecule has 0 saturated carbocycles. The molecule has 0 bridgehead atoms. The maximum absolute atomic E-state index is 11.3. The average molecular weight is 388 g/mol. The molecule has 156 valence electrons. The number of amides is 1. The van der Waals surface area contributed by atoms with Crippen LogP contribution in [0.5, 0.6) is 0 Å².